The number of carboxylic acid groups (broad SMARTS) is 1. The van der Waals surface area contributed by atoms with E-state index in [9.17, 15) is 41.8 Å². The summed E-state index contributed by atoms with van der Waals surface area (Å²) in [7, 11) is 0.765. The van der Waals surface area contributed by atoms with Crippen molar-refractivity contribution in [2.75, 3.05) is 5.75 Å². The second-order valence-electron chi connectivity index (χ2n) is 8.27. The molecule has 1 amide bonds. The van der Waals surface area contributed by atoms with Crippen LogP contribution < -0.4 is 16.4 Å². The third kappa shape index (κ3) is 5.61. The summed E-state index contributed by atoms with van der Waals surface area (Å²) in [6.07, 6.45) is -5.14. The lowest BCUT2D eigenvalue weighted by atomic mass is 10.1. The molecule has 1 aliphatic heterocycles. The number of thioether (sulfide) groups is 1. The van der Waals surface area contributed by atoms with Crippen LogP contribution in [0.15, 0.2) is 63.1 Å². The van der Waals surface area contributed by atoms with Crippen molar-refractivity contribution in [3.8, 4) is 5.69 Å². The van der Waals surface area contributed by atoms with Crippen molar-refractivity contribution in [2.45, 2.75) is 18.6 Å². The van der Waals surface area contributed by atoms with E-state index in [4.69, 9.17) is 11.6 Å². The summed E-state index contributed by atoms with van der Waals surface area (Å²) in [5, 5.41) is 11.5. The fourth-order valence-corrected chi connectivity index (χ4v) is 5.00. The standard InChI is InChI=1S/C24H17ClF4N4O5S/c1-31-18(24(27,28)29)10-19(34)33(23(31)38)16-9-15(13(25)8-14(16)26)30-22-32(20(35)11-39-22)17(21(36)37)7-12-5-3-2-4-6-12/h2-6,8-10,17H,7,11H2,1H3,(H,36,37)/p-1. The Balaban J connectivity index is 1.82. The van der Waals surface area contributed by atoms with Crippen molar-refractivity contribution in [2.24, 2.45) is 12.0 Å². The first-order chi connectivity index (χ1) is 18.3. The van der Waals surface area contributed by atoms with E-state index in [0.717, 1.165) is 29.8 Å². The molecule has 0 spiro atoms. The van der Waals surface area contributed by atoms with E-state index in [2.05, 4.69) is 4.99 Å². The number of carboxylic acids is 1. The Morgan fingerprint density at radius 3 is 2.44 bits per heavy atom. The smallest absolute Gasteiger partial charge is 0.431 e. The first-order valence-electron chi connectivity index (χ1n) is 11.0. The molecule has 1 unspecified atom stereocenters. The average molecular weight is 584 g/mol. The van der Waals surface area contributed by atoms with Crippen LogP contribution >= 0.6 is 23.4 Å². The average Bonchev–Trinajstić information content (AvgIpc) is 3.21. The van der Waals surface area contributed by atoms with E-state index in [1.165, 1.54) is 0 Å². The largest absolute Gasteiger partial charge is 0.548 e. The maximum Gasteiger partial charge on any atom is 0.431 e. The number of carbonyl (C=O) groups excluding carboxylic acids is 2. The van der Waals surface area contributed by atoms with Gasteiger partial charge in [-0.15, -0.1) is 0 Å². The lowest BCUT2D eigenvalue weighted by molar-refractivity contribution is -0.310. The number of halogens is 5. The molecule has 1 fully saturated rings. The van der Waals surface area contributed by atoms with Gasteiger partial charge in [0.1, 0.15) is 11.5 Å². The molecule has 2 aromatic carbocycles. The van der Waals surface area contributed by atoms with Crippen LogP contribution in [0.2, 0.25) is 5.02 Å². The fourth-order valence-electron chi connectivity index (χ4n) is 3.89. The molecule has 0 N–H and O–H groups in total. The number of benzene rings is 2. The number of carbonyl (C=O) groups is 2. The number of aliphatic carboxylic acids is 1. The van der Waals surface area contributed by atoms with Crippen molar-refractivity contribution < 1.29 is 32.3 Å². The SMILES string of the molecule is Cn1c(C(F)(F)F)cc(=O)n(-c2cc(N=C3SCC(=O)N3C(Cc3ccccc3)C(=O)[O-])c(Cl)cc2F)c1=O. The van der Waals surface area contributed by atoms with Gasteiger partial charge in [-0.05, 0) is 24.1 Å². The lowest BCUT2D eigenvalue weighted by Gasteiger charge is -2.28. The van der Waals surface area contributed by atoms with Gasteiger partial charge in [0, 0.05) is 13.1 Å². The molecule has 9 nitrogen and oxygen atoms in total. The number of rotatable bonds is 6. The maximum atomic E-state index is 14.9. The number of hydrogen-bond acceptors (Lipinski definition) is 7. The number of alkyl halides is 3. The number of nitrogens with zero attached hydrogens (tertiary/aromatic N) is 4. The van der Waals surface area contributed by atoms with Gasteiger partial charge in [0.2, 0.25) is 5.91 Å². The summed E-state index contributed by atoms with van der Waals surface area (Å²) in [6.45, 7) is 0. The number of amides is 1. The molecule has 1 atom stereocenters. The summed E-state index contributed by atoms with van der Waals surface area (Å²) in [5.41, 5.74) is -4.92. The van der Waals surface area contributed by atoms with Crippen LogP contribution in [-0.4, -0.2) is 42.9 Å². The van der Waals surface area contributed by atoms with E-state index >= 15 is 0 Å². The van der Waals surface area contributed by atoms with E-state index in [1.54, 1.807) is 30.3 Å². The Kier molecular flexibility index (Phi) is 7.70. The lowest BCUT2D eigenvalue weighted by Crippen LogP contribution is -2.51. The first-order valence-corrected chi connectivity index (χ1v) is 12.3. The summed E-state index contributed by atoms with van der Waals surface area (Å²) >= 11 is 6.97. The second-order valence-corrected chi connectivity index (χ2v) is 9.62. The molecule has 0 saturated carbocycles. The molecular formula is C24H16ClF4N4O5S-. The molecule has 4 rings (SSSR count). The molecule has 0 bridgehead atoms. The molecule has 204 valence electrons. The van der Waals surface area contributed by atoms with Crippen LogP contribution in [0, 0.1) is 5.82 Å². The zero-order valence-corrected chi connectivity index (χ0v) is 21.3. The fraction of sp³-hybridized carbons (Fsp3) is 0.208. The van der Waals surface area contributed by atoms with Crippen molar-refractivity contribution >= 4 is 46.1 Å². The molecule has 0 radical (unpaired) electrons. The Hall–Kier alpha value is -3.91. The van der Waals surface area contributed by atoms with E-state index in [-0.39, 0.29) is 43.3 Å². The van der Waals surface area contributed by atoms with Gasteiger partial charge in [-0.2, -0.15) is 13.2 Å². The molecular weight excluding hydrogens is 568 g/mol. The molecule has 1 aliphatic rings. The van der Waals surface area contributed by atoms with Crippen molar-refractivity contribution in [3.63, 3.8) is 0 Å². The molecule has 1 saturated heterocycles. The van der Waals surface area contributed by atoms with Gasteiger partial charge in [-0.25, -0.2) is 18.7 Å². The summed E-state index contributed by atoms with van der Waals surface area (Å²) < 4.78 is 54.8. The minimum Gasteiger partial charge on any atom is -0.548 e. The number of hydrogen-bond donors (Lipinski definition) is 0. The quantitative estimate of drug-likeness (QED) is 0.411. The van der Waals surface area contributed by atoms with E-state index in [0.29, 0.717) is 11.6 Å². The zero-order chi connectivity index (χ0) is 28.6. The van der Waals surface area contributed by atoms with Gasteiger partial charge in [-0.3, -0.25) is 19.1 Å². The Labute approximate surface area is 226 Å². The minimum atomic E-state index is -5.02. The highest BCUT2D eigenvalue weighted by atomic mass is 35.5. The van der Waals surface area contributed by atoms with Crippen molar-refractivity contribution in [3.05, 3.63) is 91.5 Å². The highest BCUT2D eigenvalue weighted by Crippen LogP contribution is 2.33. The van der Waals surface area contributed by atoms with E-state index in [1.807, 2.05) is 0 Å². The number of aromatic nitrogens is 2. The van der Waals surface area contributed by atoms with Gasteiger partial charge < -0.3 is 9.90 Å². The number of aliphatic imine (C=N–C) groups is 1. The van der Waals surface area contributed by atoms with Crippen LogP contribution in [0.25, 0.3) is 5.69 Å². The molecule has 0 aliphatic carbocycles. The Bertz CT molecular complexity index is 1620. The third-order valence-corrected chi connectivity index (χ3v) is 6.98. The molecule has 39 heavy (non-hydrogen) atoms. The minimum absolute atomic E-state index is 0.117. The number of amidine groups is 1. The highest BCUT2D eigenvalue weighted by Gasteiger charge is 2.37. The Morgan fingerprint density at radius 1 is 1.15 bits per heavy atom. The van der Waals surface area contributed by atoms with Crippen molar-refractivity contribution in [1.82, 2.24) is 14.0 Å². The van der Waals surface area contributed by atoms with Gasteiger partial charge in [0.25, 0.3) is 5.56 Å². The molecule has 3 aromatic rings. The normalized spacial score (nSPS) is 15.7. The van der Waals surface area contributed by atoms with E-state index < -0.39 is 52.5 Å². The summed E-state index contributed by atoms with van der Waals surface area (Å²) in [4.78, 5) is 54.8. The topological polar surface area (TPSA) is 117 Å². The maximum absolute atomic E-state index is 14.9. The zero-order valence-electron chi connectivity index (χ0n) is 19.7. The van der Waals surface area contributed by atoms with Crippen LogP contribution in [-0.2, 0) is 29.2 Å². The summed E-state index contributed by atoms with van der Waals surface area (Å²) in [6, 6.07) is 8.62. The molecule has 15 heteroatoms. The van der Waals surface area contributed by atoms with Gasteiger partial charge in [0.05, 0.1) is 34.2 Å². The molecule has 1 aromatic heterocycles. The van der Waals surface area contributed by atoms with Gasteiger partial charge >= 0.3 is 11.9 Å². The second kappa shape index (κ2) is 10.7. The van der Waals surface area contributed by atoms with Crippen LogP contribution in [0.4, 0.5) is 23.2 Å². The monoisotopic (exact) mass is 583 g/mol. The highest BCUT2D eigenvalue weighted by molar-refractivity contribution is 8.15. The summed E-state index contributed by atoms with van der Waals surface area (Å²) in [5.74, 6) is -3.56. The van der Waals surface area contributed by atoms with Gasteiger partial charge in [0.15, 0.2) is 5.17 Å². The molecule has 2 heterocycles. The van der Waals surface area contributed by atoms with Crippen LogP contribution in [0.1, 0.15) is 11.3 Å². The first kappa shape index (κ1) is 28.1. The predicted octanol–water partition coefficient (Wildman–Crippen LogP) is 2.27. The van der Waals surface area contributed by atoms with Crippen molar-refractivity contribution in [1.29, 1.82) is 0 Å². The van der Waals surface area contributed by atoms with Crippen LogP contribution in [0.5, 0.6) is 0 Å². The van der Waals surface area contributed by atoms with Gasteiger partial charge in [-0.1, -0.05) is 53.7 Å². The Morgan fingerprint density at radius 2 is 1.82 bits per heavy atom. The predicted molar refractivity (Wildman–Crippen MR) is 133 cm³/mol. The third-order valence-electron chi connectivity index (χ3n) is 5.74. The van der Waals surface area contributed by atoms with Crippen LogP contribution in [0.3, 0.4) is 0 Å².